The summed E-state index contributed by atoms with van der Waals surface area (Å²) in [5.74, 6) is 1.69. The second kappa shape index (κ2) is 8.91. The number of rotatable bonds is 7. The maximum Gasteiger partial charge on any atom is 0.249 e. The highest BCUT2D eigenvalue weighted by atomic mass is 16.5. The molecule has 0 spiro atoms. The van der Waals surface area contributed by atoms with Crippen LogP contribution >= 0.6 is 0 Å². The van der Waals surface area contributed by atoms with E-state index >= 15 is 0 Å². The molecule has 1 aromatic carbocycles. The van der Waals surface area contributed by atoms with Gasteiger partial charge in [0, 0.05) is 50.5 Å². The van der Waals surface area contributed by atoms with E-state index in [0.717, 1.165) is 38.4 Å². The molecule has 0 bridgehead atoms. The molecule has 2 fully saturated rings. The Bertz CT molecular complexity index is 811. The van der Waals surface area contributed by atoms with E-state index in [9.17, 15) is 4.79 Å². The van der Waals surface area contributed by atoms with Crippen LogP contribution in [0.3, 0.4) is 0 Å². The van der Waals surface area contributed by atoms with E-state index in [1.54, 1.807) is 0 Å². The molecule has 2 aliphatic heterocycles. The Morgan fingerprint density at radius 3 is 2.55 bits per heavy atom. The highest BCUT2D eigenvalue weighted by molar-refractivity contribution is 5.78. The number of hydrogen-bond acceptors (Lipinski definition) is 5. The zero-order chi connectivity index (χ0) is 20.2. The van der Waals surface area contributed by atoms with Crippen LogP contribution in [0.2, 0.25) is 0 Å². The molecule has 0 saturated carbocycles. The zero-order valence-corrected chi connectivity index (χ0v) is 17.3. The lowest BCUT2D eigenvalue weighted by molar-refractivity contribution is -0.137. The summed E-state index contributed by atoms with van der Waals surface area (Å²) in [7, 11) is 0. The molecule has 6 heteroatoms. The van der Waals surface area contributed by atoms with Crippen molar-refractivity contribution in [2.24, 2.45) is 11.8 Å². The number of hydrogen-bond donors (Lipinski definition) is 0. The first-order valence-corrected chi connectivity index (χ1v) is 10.7. The molecule has 1 aromatic heterocycles. The Hall–Kier alpha value is -2.47. The van der Waals surface area contributed by atoms with E-state index in [-0.39, 0.29) is 18.6 Å². The van der Waals surface area contributed by atoms with Crippen molar-refractivity contribution in [1.82, 2.24) is 14.9 Å². The van der Waals surface area contributed by atoms with Crippen LogP contribution in [-0.4, -0.2) is 53.6 Å². The van der Waals surface area contributed by atoms with Crippen molar-refractivity contribution >= 4 is 11.9 Å². The van der Waals surface area contributed by atoms with Gasteiger partial charge in [-0.05, 0) is 24.5 Å². The minimum absolute atomic E-state index is 0.0820. The summed E-state index contributed by atoms with van der Waals surface area (Å²) in [6.07, 6.45) is 6.01. The van der Waals surface area contributed by atoms with Gasteiger partial charge in [-0.15, -0.1) is 0 Å². The van der Waals surface area contributed by atoms with E-state index in [1.807, 2.05) is 30.3 Å². The normalized spacial score (nSPS) is 23.4. The van der Waals surface area contributed by atoms with Gasteiger partial charge in [-0.25, -0.2) is 9.97 Å². The molecule has 3 atom stereocenters. The number of likely N-dealkylation sites (tertiary alicyclic amines) is 1. The number of amides is 1. The van der Waals surface area contributed by atoms with Crippen molar-refractivity contribution in [3.05, 3.63) is 53.9 Å². The van der Waals surface area contributed by atoms with Gasteiger partial charge in [0.05, 0.1) is 6.04 Å². The first kappa shape index (κ1) is 19.8. The third kappa shape index (κ3) is 4.13. The van der Waals surface area contributed by atoms with Crippen LogP contribution in [0, 0.1) is 11.8 Å². The molecule has 154 valence electrons. The smallest absolute Gasteiger partial charge is 0.249 e. The highest BCUT2D eigenvalue weighted by Gasteiger charge is 2.49. The molecule has 2 saturated heterocycles. The fraction of sp³-hybridized carbons (Fsp3) is 0.522. The lowest BCUT2D eigenvalue weighted by atomic mass is 9.89. The predicted octanol–water partition coefficient (Wildman–Crippen LogP) is 3.10. The largest absolute Gasteiger partial charge is 0.372 e. The molecule has 0 unspecified atom stereocenters. The van der Waals surface area contributed by atoms with Crippen LogP contribution in [0.1, 0.15) is 37.4 Å². The van der Waals surface area contributed by atoms with Crippen molar-refractivity contribution in [2.75, 3.05) is 37.7 Å². The van der Waals surface area contributed by atoms with Crippen molar-refractivity contribution in [3.63, 3.8) is 0 Å². The highest BCUT2D eigenvalue weighted by Crippen LogP contribution is 2.45. The van der Waals surface area contributed by atoms with Gasteiger partial charge in [-0.1, -0.05) is 43.7 Å². The summed E-state index contributed by atoms with van der Waals surface area (Å²) in [5, 5.41) is 0. The van der Waals surface area contributed by atoms with Crippen LogP contribution in [0.15, 0.2) is 42.7 Å². The fourth-order valence-corrected chi connectivity index (χ4v) is 4.74. The molecular formula is C23H30N4O2. The standard InChI is InChI=1S/C23H30N4O2/c1-3-8-17-11-24-23(25-12-17)26-13-19-14-27(21(28)16-29-4-2)22(20(19)15-26)18-9-6-5-7-10-18/h5-7,9-12,19-20,22H,3-4,8,13-16H2,1-2H3/t19-,20-,22-/m0/s1. The minimum Gasteiger partial charge on any atom is -0.372 e. The molecular weight excluding hydrogens is 364 g/mol. The van der Waals surface area contributed by atoms with Gasteiger partial charge in [0.2, 0.25) is 11.9 Å². The summed E-state index contributed by atoms with van der Waals surface area (Å²) < 4.78 is 5.41. The molecule has 2 aliphatic rings. The number of carbonyl (C=O) groups excluding carboxylic acids is 1. The number of ether oxygens (including phenoxy) is 1. The van der Waals surface area contributed by atoms with Gasteiger partial charge in [0.15, 0.2) is 0 Å². The molecule has 1 amide bonds. The average Bonchev–Trinajstić information content (AvgIpc) is 3.31. The number of fused-ring (bicyclic) bond motifs is 1. The van der Waals surface area contributed by atoms with Crippen molar-refractivity contribution < 1.29 is 9.53 Å². The maximum atomic E-state index is 12.8. The monoisotopic (exact) mass is 394 g/mol. The lowest BCUT2D eigenvalue weighted by Crippen LogP contribution is -2.38. The summed E-state index contributed by atoms with van der Waals surface area (Å²) in [6.45, 7) is 7.32. The number of carbonyl (C=O) groups is 1. The van der Waals surface area contributed by atoms with Gasteiger partial charge in [-0.2, -0.15) is 0 Å². The molecule has 6 nitrogen and oxygen atoms in total. The van der Waals surface area contributed by atoms with Crippen molar-refractivity contribution in [2.45, 2.75) is 32.7 Å². The third-order valence-corrected chi connectivity index (χ3v) is 6.07. The van der Waals surface area contributed by atoms with Crippen molar-refractivity contribution in [1.29, 1.82) is 0 Å². The second-order valence-electron chi connectivity index (χ2n) is 8.01. The number of aromatic nitrogens is 2. The summed E-state index contributed by atoms with van der Waals surface area (Å²) >= 11 is 0. The van der Waals surface area contributed by atoms with Crippen LogP contribution in [0.4, 0.5) is 5.95 Å². The molecule has 3 heterocycles. The first-order chi connectivity index (χ1) is 14.2. The van der Waals surface area contributed by atoms with E-state index in [4.69, 9.17) is 4.74 Å². The summed E-state index contributed by atoms with van der Waals surface area (Å²) in [6, 6.07) is 10.5. The Kier molecular flexibility index (Phi) is 6.09. The van der Waals surface area contributed by atoms with E-state index < -0.39 is 0 Å². The zero-order valence-electron chi connectivity index (χ0n) is 17.3. The minimum atomic E-state index is 0.0820. The molecule has 29 heavy (non-hydrogen) atoms. The number of anilines is 1. The maximum absolute atomic E-state index is 12.8. The second-order valence-corrected chi connectivity index (χ2v) is 8.01. The van der Waals surface area contributed by atoms with Gasteiger partial charge >= 0.3 is 0 Å². The van der Waals surface area contributed by atoms with Gasteiger partial charge in [-0.3, -0.25) is 4.79 Å². The van der Waals surface area contributed by atoms with Crippen molar-refractivity contribution in [3.8, 4) is 0 Å². The van der Waals surface area contributed by atoms with E-state index in [0.29, 0.717) is 18.4 Å². The summed E-state index contributed by atoms with van der Waals surface area (Å²) in [4.78, 5) is 26.4. The lowest BCUT2D eigenvalue weighted by Gasteiger charge is -2.30. The quantitative estimate of drug-likeness (QED) is 0.722. The SMILES string of the molecule is CCCc1cnc(N2C[C@H]3CN(C(=O)COCC)[C@@H](c4ccccc4)[C@H]3C2)nc1. The number of benzene rings is 1. The first-order valence-electron chi connectivity index (χ1n) is 10.7. The van der Waals surface area contributed by atoms with Gasteiger partial charge < -0.3 is 14.5 Å². The Morgan fingerprint density at radius 1 is 1.10 bits per heavy atom. The Balaban J connectivity index is 1.53. The van der Waals surface area contributed by atoms with E-state index in [2.05, 4.69) is 46.1 Å². The fourth-order valence-electron chi connectivity index (χ4n) is 4.74. The topological polar surface area (TPSA) is 58.6 Å². The van der Waals surface area contributed by atoms with E-state index in [1.165, 1.54) is 11.1 Å². The molecule has 0 aliphatic carbocycles. The summed E-state index contributed by atoms with van der Waals surface area (Å²) in [5.41, 5.74) is 2.39. The number of aryl methyl sites for hydroxylation is 1. The van der Waals surface area contributed by atoms with Crippen LogP contribution < -0.4 is 4.90 Å². The molecule has 2 aromatic rings. The van der Waals surface area contributed by atoms with Crippen LogP contribution in [0.5, 0.6) is 0 Å². The average molecular weight is 395 g/mol. The number of nitrogens with zero attached hydrogens (tertiary/aromatic N) is 4. The van der Waals surface area contributed by atoms with Crippen LogP contribution in [0.25, 0.3) is 0 Å². The Morgan fingerprint density at radius 2 is 1.86 bits per heavy atom. The third-order valence-electron chi connectivity index (χ3n) is 6.07. The predicted molar refractivity (Wildman–Crippen MR) is 113 cm³/mol. The van der Waals surface area contributed by atoms with Gasteiger partial charge in [0.1, 0.15) is 6.61 Å². The Labute approximate surface area is 172 Å². The molecule has 0 radical (unpaired) electrons. The van der Waals surface area contributed by atoms with Crippen LogP contribution in [-0.2, 0) is 16.0 Å². The molecule has 0 N–H and O–H groups in total. The van der Waals surface area contributed by atoms with Gasteiger partial charge in [0.25, 0.3) is 0 Å². The molecule has 4 rings (SSSR count).